The molecule has 0 atom stereocenters. The van der Waals surface area contributed by atoms with Crippen LogP contribution in [0.25, 0.3) is 16.5 Å². The highest BCUT2D eigenvalue weighted by atomic mass is 16.5. The standard InChI is InChI=1S/C21H24O3/c1-21(2)11-5-7-14-15(6-4-8-17(14)22)19-16-12-13(23-3)9-10-18(16)24-20(19)21/h9-10,12H,4-8,11H2,1-3H3. The molecular weight excluding hydrogens is 300 g/mol. The molecule has 1 heterocycles. The van der Waals surface area contributed by atoms with E-state index < -0.39 is 0 Å². The maximum atomic E-state index is 12.5. The summed E-state index contributed by atoms with van der Waals surface area (Å²) in [5.74, 6) is 2.20. The first-order chi connectivity index (χ1) is 11.5. The molecule has 4 rings (SSSR count). The first-order valence-electron chi connectivity index (χ1n) is 8.88. The summed E-state index contributed by atoms with van der Waals surface area (Å²) < 4.78 is 11.7. The molecule has 0 aliphatic heterocycles. The van der Waals surface area contributed by atoms with Gasteiger partial charge in [-0.2, -0.15) is 0 Å². The Kier molecular flexibility index (Phi) is 3.56. The average molecular weight is 324 g/mol. The van der Waals surface area contributed by atoms with Crippen LogP contribution in [0.4, 0.5) is 0 Å². The highest BCUT2D eigenvalue weighted by molar-refractivity contribution is 6.07. The second kappa shape index (κ2) is 5.51. The Hall–Kier alpha value is -2.03. The number of carbonyl (C=O) groups is 1. The third kappa shape index (κ3) is 2.29. The summed E-state index contributed by atoms with van der Waals surface area (Å²) in [5, 5.41) is 1.08. The van der Waals surface area contributed by atoms with Crippen LogP contribution in [0.15, 0.2) is 28.2 Å². The lowest BCUT2D eigenvalue weighted by atomic mass is 9.74. The van der Waals surface area contributed by atoms with Crippen LogP contribution in [-0.2, 0) is 10.2 Å². The Morgan fingerprint density at radius 2 is 1.88 bits per heavy atom. The summed E-state index contributed by atoms with van der Waals surface area (Å²) in [7, 11) is 1.68. The molecule has 3 heteroatoms. The number of fused-ring (bicyclic) bond motifs is 4. The Balaban J connectivity index is 2.08. The molecule has 0 saturated heterocycles. The van der Waals surface area contributed by atoms with Crippen molar-refractivity contribution >= 4 is 22.3 Å². The number of hydrogen-bond donors (Lipinski definition) is 0. The number of hydrogen-bond acceptors (Lipinski definition) is 3. The van der Waals surface area contributed by atoms with Gasteiger partial charge in [0.15, 0.2) is 5.78 Å². The number of furan rings is 1. The van der Waals surface area contributed by atoms with E-state index in [1.54, 1.807) is 7.11 Å². The molecular formula is C21H24O3. The predicted octanol–water partition coefficient (Wildman–Crippen LogP) is 5.41. The van der Waals surface area contributed by atoms with E-state index in [0.29, 0.717) is 12.2 Å². The van der Waals surface area contributed by atoms with Crippen LogP contribution in [0, 0.1) is 0 Å². The van der Waals surface area contributed by atoms with E-state index >= 15 is 0 Å². The number of ether oxygens (including phenoxy) is 1. The number of benzene rings is 1. The zero-order valence-electron chi connectivity index (χ0n) is 14.7. The summed E-state index contributed by atoms with van der Waals surface area (Å²) in [5.41, 5.74) is 4.29. The first-order valence-corrected chi connectivity index (χ1v) is 8.88. The molecule has 0 fully saturated rings. The van der Waals surface area contributed by atoms with Gasteiger partial charge in [0.2, 0.25) is 0 Å². The number of Topliss-reactive ketones (excluding diaryl/α,β-unsaturated/α-hetero) is 1. The van der Waals surface area contributed by atoms with Crippen molar-refractivity contribution in [3.8, 4) is 5.75 Å². The lowest BCUT2D eigenvalue weighted by molar-refractivity contribution is -0.116. The maximum Gasteiger partial charge on any atom is 0.159 e. The zero-order valence-corrected chi connectivity index (χ0v) is 14.7. The Labute approximate surface area is 142 Å². The van der Waals surface area contributed by atoms with E-state index in [1.807, 2.05) is 12.1 Å². The van der Waals surface area contributed by atoms with Crippen molar-refractivity contribution in [3.05, 3.63) is 35.1 Å². The minimum absolute atomic E-state index is 0.0272. The van der Waals surface area contributed by atoms with E-state index in [1.165, 1.54) is 5.57 Å². The van der Waals surface area contributed by atoms with Crippen LogP contribution in [0.5, 0.6) is 5.75 Å². The second-order valence-corrected chi connectivity index (χ2v) is 7.64. The fraction of sp³-hybridized carbons (Fsp3) is 0.476. The highest BCUT2D eigenvalue weighted by Gasteiger charge is 2.35. The number of carbonyl (C=O) groups excluding carboxylic acids is 1. The van der Waals surface area contributed by atoms with Crippen LogP contribution in [0.3, 0.4) is 0 Å². The van der Waals surface area contributed by atoms with Gasteiger partial charge in [0.25, 0.3) is 0 Å². The summed E-state index contributed by atoms with van der Waals surface area (Å²) >= 11 is 0. The first kappa shape index (κ1) is 15.5. The molecule has 0 N–H and O–H groups in total. The van der Waals surface area contributed by atoms with E-state index in [0.717, 1.165) is 65.7 Å². The van der Waals surface area contributed by atoms with Crippen LogP contribution in [0.2, 0.25) is 0 Å². The molecule has 1 aromatic carbocycles. The van der Waals surface area contributed by atoms with Crippen molar-refractivity contribution in [1.29, 1.82) is 0 Å². The molecule has 0 saturated carbocycles. The van der Waals surface area contributed by atoms with Crippen molar-refractivity contribution in [2.45, 2.75) is 57.8 Å². The van der Waals surface area contributed by atoms with Gasteiger partial charge in [-0.1, -0.05) is 13.8 Å². The van der Waals surface area contributed by atoms with E-state index in [9.17, 15) is 4.79 Å². The van der Waals surface area contributed by atoms with Gasteiger partial charge >= 0.3 is 0 Å². The molecule has 0 unspecified atom stereocenters. The number of rotatable bonds is 1. The number of allylic oxidation sites excluding steroid dienone is 2. The van der Waals surface area contributed by atoms with Crippen molar-refractivity contribution in [2.75, 3.05) is 7.11 Å². The molecule has 0 bridgehead atoms. The van der Waals surface area contributed by atoms with E-state index in [2.05, 4.69) is 19.9 Å². The number of methoxy groups -OCH3 is 1. The quantitative estimate of drug-likeness (QED) is 0.704. The third-order valence-electron chi connectivity index (χ3n) is 5.57. The van der Waals surface area contributed by atoms with Gasteiger partial charge in [-0.25, -0.2) is 0 Å². The molecule has 2 aromatic rings. The van der Waals surface area contributed by atoms with Gasteiger partial charge in [-0.05, 0) is 61.4 Å². The average Bonchev–Trinajstić information content (AvgIpc) is 2.94. The monoisotopic (exact) mass is 324 g/mol. The molecule has 3 nitrogen and oxygen atoms in total. The molecule has 1 aromatic heterocycles. The van der Waals surface area contributed by atoms with Crippen molar-refractivity contribution in [1.82, 2.24) is 0 Å². The van der Waals surface area contributed by atoms with E-state index in [-0.39, 0.29) is 5.41 Å². The normalized spacial score (nSPS) is 20.4. The Morgan fingerprint density at radius 1 is 1.08 bits per heavy atom. The largest absolute Gasteiger partial charge is 0.497 e. The van der Waals surface area contributed by atoms with Crippen LogP contribution < -0.4 is 4.74 Å². The lowest BCUT2D eigenvalue weighted by Gasteiger charge is -2.29. The molecule has 0 radical (unpaired) electrons. The van der Waals surface area contributed by atoms with Crippen molar-refractivity contribution in [2.24, 2.45) is 0 Å². The van der Waals surface area contributed by atoms with E-state index in [4.69, 9.17) is 9.15 Å². The molecule has 2 aliphatic carbocycles. The third-order valence-corrected chi connectivity index (χ3v) is 5.57. The fourth-order valence-corrected chi connectivity index (χ4v) is 4.26. The van der Waals surface area contributed by atoms with Crippen molar-refractivity contribution in [3.63, 3.8) is 0 Å². The SMILES string of the molecule is COc1ccc2oc3c(c2c1)C1=C(CCCC3(C)C)C(=O)CCC1. The smallest absolute Gasteiger partial charge is 0.159 e. The molecule has 126 valence electrons. The minimum atomic E-state index is -0.0272. The van der Waals surface area contributed by atoms with Gasteiger partial charge in [-0.15, -0.1) is 0 Å². The van der Waals surface area contributed by atoms with Gasteiger partial charge in [0, 0.05) is 22.8 Å². The van der Waals surface area contributed by atoms with Gasteiger partial charge in [0.05, 0.1) is 7.11 Å². The van der Waals surface area contributed by atoms with Crippen LogP contribution in [-0.4, -0.2) is 12.9 Å². The zero-order chi connectivity index (χ0) is 16.9. The summed E-state index contributed by atoms with van der Waals surface area (Å²) in [6.45, 7) is 4.50. The van der Waals surface area contributed by atoms with Crippen LogP contribution in [0.1, 0.15) is 63.7 Å². The fourth-order valence-electron chi connectivity index (χ4n) is 4.26. The summed E-state index contributed by atoms with van der Waals surface area (Å²) in [6.07, 6.45) is 5.56. The maximum absolute atomic E-state index is 12.5. The summed E-state index contributed by atoms with van der Waals surface area (Å²) in [4.78, 5) is 12.5. The Morgan fingerprint density at radius 3 is 2.67 bits per heavy atom. The minimum Gasteiger partial charge on any atom is -0.497 e. The lowest BCUT2D eigenvalue weighted by Crippen LogP contribution is -2.22. The van der Waals surface area contributed by atoms with Gasteiger partial charge in [0.1, 0.15) is 17.1 Å². The van der Waals surface area contributed by atoms with Gasteiger partial charge in [-0.3, -0.25) is 4.79 Å². The highest BCUT2D eigenvalue weighted by Crippen LogP contribution is 2.47. The molecule has 0 amide bonds. The molecule has 24 heavy (non-hydrogen) atoms. The predicted molar refractivity (Wildman–Crippen MR) is 95.4 cm³/mol. The molecule has 2 aliphatic rings. The Bertz CT molecular complexity index is 851. The molecule has 0 spiro atoms. The number of ketones is 1. The second-order valence-electron chi connectivity index (χ2n) is 7.64. The van der Waals surface area contributed by atoms with Gasteiger partial charge < -0.3 is 9.15 Å². The van der Waals surface area contributed by atoms with Crippen LogP contribution >= 0.6 is 0 Å². The van der Waals surface area contributed by atoms with Crippen molar-refractivity contribution < 1.29 is 13.9 Å². The topological polar surface area (TPSA) is 39.4 Å². The summed E-state index contributed by atoms with van der Waals surface area (Å²) in [6, 6.07) is 5.98.